The Kier molecular flexibility index (Phi) is 6.77. The summed E-state index contributed by atoms with van der Waals surface area (Å²) < 4.78 is 7.35. The number of ether oxygens (including phenoxy) is 1. The molecule has 0 spiro atoms. The Labute approximate surface area is 164 Å². The van der Waals surface area contributed by atoms with E-state index in [1.165, 1.54) is 0 Å². The lowest BCUT2D eigenvalue weighted by molar-refractivity contribution is -0.149. The van der Waals surface area contributed by atoms with Crippen LogP contribution in [0.1, 0.15) is 39.5 Å². The highest BCUT2D eigenvalue weighted by Crippen LogP contribution is 2.29. The van der Waals surface area contributed by atoms with E-state index in [0.717, 1.165) is 47.6 Å². The lowest BCUT2D eigenvalue weighted by atomic mass is 10.3. The van der Waals surface area contributed by atoms with Gasteiger partial charge in [0.1, 0.15) is 6.54 Å². The average molecular weight is 390 g/mol. The number of imidazole rings is 1. The van der Waals surface area contributed by atoms with Crippen LogP contribution in [0.2, 0.25) is 0 Å². The second-order valence-electron chi connectivity index (χ2n) is 6.95. The van der Waals surface area contributed by atoms with E-state index in [0.29, 0.717) is 6.54 Å². The van der Waals surface area contributed by atoms with Crippen molar-refractivity contribution in [2.45, 2.75) is 57.3 Å². The summed E-state index contributed by atoms with van der Waals surface area (Å²) in [5.74, 6) is 1.01. The maximum atomic E-state index is 12.3. The van der Waals surface area contributed by atoms with E-state index in [2.05, 4.69) is 10.3 Å². The molecule has 1 heterocycles. The van der Waals surface area contributed by atoms with Crippen molar-refractivity contribution >= 4 is 34.7 Å². The van der Waals surface area contributed by atoms with Crippen molar-refractivity contribution in [3.63, 3.8) is 0 Å². The molecular weight excluding hydrogens is 362 g/mol. The van der Waals surface area contributed by atoms with Crippen LogP contribution in [0.25, 0.3) is 11.0 Å². The summed E-state index contributed by atoms with van der Waals surface area (Å²) in [6.45, 7) is 4.73. The smallest absolute Gasteiger partial charge is 0.326 e. The monoisotopic (exact) mass is 389 g/mol. The van der Waals surface area contributed by atoms with Crippen LogP contribution in [0.15, 0.2) is 29.4 Å². The van der Waals surface area contributed by atoms with Gasteiger partial charge in [-0.1, -0.05) is 30.8 Å². The largest absolute Gasteiger partial charge is 0.461 e. The number of fused-ring (bicyclic) bond motifs is 1. The van der Waals surface area contributed by atoms with Crippen molar-refractivity contribution in [1.82, 2.24) is 14.9 Å². The SMILES string of the molecule is CCC(C)OC(=O)Cn1c(SCCCNC(=O)C2CC2)nc2ccccc21. The fourth-order valence-electron chi connectivity index (χ4n) is 2.73. The first-order chi connectivity index (χ1) is 13.1. The van der Waals surface area contributed by atoms with E-state index in [1.54, 1.807) is 11.8 Å². The molecule has 6 nitrogen and oxygen atoms in total. The lowest BCUT2D eigenvalue weighted by Gasteiger charge is -2.13. The molecule has 0 bridgehead atoms. The van der Waals surface area contributed by atoms with Crippen molar-refractivity contribution in [2.24, 2.45) is 5.92 Å². The maximum absolute atomic E-state index is 12.3. The minimum Gasteiger partial charge on any atom is -0.461 e. The second-order valence-corrected chi connectivity index (χ2v) is 8.01. The Balaban J connectivity index is 1.59. The molecule has 1 fully saturated rings. The van der Waals surface area contributed by atoms with Gasteiger partial charge in [-0.05, 0) is 44.7 Å². The number of amides is 1. The summed E-state index contributed by atoms with van der Waals surface area (Å²) in [6, 6.07) is 7.81. The Morgan fingerprint density at radius 2 is 2.15 bits per heavy atom. The first-order valence-electron chi connectivity index (χ1n) is 9.63. The van der Waals surface area contributed by atoms with Crippen molar-refractivity contribution < 1.29 is 14.3 Å². The Morgan fingerprint density at radius 1 is 1.37 bits per heavy atom. The van der Waals surface area contributed by atoms with Gasteiger partial charge < -0.3 is 14.6 Å². The van der Waals surface area contributed by atoms with E-state index in [9.17, 15) is 9.59 Å². The van der Waals surface area contributed by atoms with Crippen LogP contribution in [0.5, 0.6) is 0 Å². The molecule has 2 aromatic rings. The van der Waals surface area contributed by atoms with Gasteiger partial charge >= 0.3 is 5.97 Å². The van der Waals surface area contributed by atoms with E-state index in [1.807, 2.05) is 42.7 Å². The molecule has 1 N–H and O–H groups in total. The van der Waals surface area contributed by atoms with E-state index in [-0.39, 0.29) is 30.4 Å². The molecule has 1 amide bonds. The first-order valence-corrected chi connectivity index (χ1v) is 10.6. The molecule has 7 heteroatoms. The minimum absolute atomic E-state index is 0.0848. The van der Waals surface area contributed by atoms with Gasteiger partial charge in [-0.3, -0.25) is 9.59 Å². The number of carbonyl (C=O) groups is 2. The van der Waals surface area contributed by atoms with E-state index >= 15 is 0 Å². The quantitative estimate of drug-likeness (QED) is 0.383. The third-order valence-corrected chi connectivity index (χ3v) is 5.68. The van der Waals surface area contributed by atoms with Crippen molar-refractivity contribution in [3.8, 4) is 0 Å². The Morgan fingerprint density at radius 3 is 2.89 bits per heavy atom. The number of carbonyl (C=O) groups excluding carboxylic acids is 2. The van der Waals surface area contributed by atoms with Gasteiger partial charge in [0.2, 0.25) is 5.91 Å². The summed E-state index contributed by atoms with van der Waals surface area (Å²) >= 11 is 1.61. The molecule has 1 atom stereocenters. The van der Waals surface area contributed by atoms with Crippen molar-refractivity contribution in [1.29, 1.82) is 0 Å². The van der Waals surface area contributed by atoms with Gasteiger partial charge in [0, 0.05) is 18.2 Å². The van der Waals surface area contributed by atoms with Crippen LogP contribution in [0.3, 0.4) is 0 Å². The second kappa shape index (κ2) is 9.26. The third-order valence-electron chi connectivity index (χ3n) is 4.61. The molecule has 1 aliphatic carbocycles. The zero-order chi connectivity index (χ0) is 19.2. The molecule has 27 heavy (non-hydrogen) atoms. The van der Waals surface area contributed by atoms with Crippen molar-refractivity contribution in [3.05, 3.63) is 24.3 Å². The highest BCUT2D eigenvalue weighted by Gasteiger charge is 2.28. The molecule has 146 valence electrons. The predicted octanol–water partition coefficient (Wildman–Crippen LogP) is 3.39. The molecule has 0 aliphatic heterocycles. The van der Waals surface area contributed by atoms with Gasteiger partial charge in [-0.15, -0.1) is 0 Å². The molecule has 1 aromatic heterocycles. The average Bonchev–Trinajstić information content (AvgIpc) is 3.45. The topological polar surface area (TPSA) is 73.2 Å². The third kappa shape index (κ3) is 5.48. The van der Waals surface area contributed by atoms with Crippen LogP contribution in [0.4, 0.5) is 0 Å². The summed E-state index contributed by atoms with van der Waals surface area (Å²) in [7, 11) is 0. The van der Waals surface area contributed by atoms with Crippen LogP contribution < -0.4 is 5.32 Å². The molecule has 1 aliphatic rings. The number of thioether (sulfide) groups is 1. The number of aromatic nitrogens is 2. The van der Waals surface area contributed by atoms with Gasteiger partial charge in [0.25, 0.3) is 0 Å². The zero-order valence-electron chi connectivity index (χ0n) is 15.9. The van der Waals surface area contributed by atoms with Gasteiger partial charge in [0.05, 0.1) is 17.1 Å². The molecule has 3 rings (SSSR count). The number of nitrogens with zero attached hydrogens (tertiary/aromatic N) is 2. The number of nitrogens with one attached hydrogen (secondary N) is 1. The number of hydrogen-bond donors (Lipinski definition) is 1. The molecular formula is C20H27N3O3S. The van der Waals surface area contributed by atoms with E-state index in [4.69, 9.17) is 4.74 Å². The van der Waals surface area contributed by atoms with Gasteiger partial charge in [0.15, 0.2) is 5.16 Å². The predicted molar refractivity (Wildman–Crippen MR) is 107 cm³/mol. The Bertz CT molecular complexity index is 801. The number of para-hydroxylation sites is 2. The standard InChI is InChI=1S/C20H27N3O3S/c1-3-14(2)26-18(24)13-23-17-8-5-4-7-16(17)22-20(23)27-12-6-11-21-19(25)15-9-10-15/h4-5,7-8,14-15H,3,6,9-13H2,1-2H3,(H,21,25). The van der Waals surface area contributed by atoms with Crippen LogP contribution in [-0.4, -0.2) is 39.8 Å². The fraction of sp³-hybridized carbons (Fsp3) is 0.550. The summed E-state index contributed by atoms with van der Waals surface area (Å²) in [6.07, 6.45) is 3.63. The summed E-state index contributed by atoms with van der Waals surface area (Å²) in [5.41, 5.74) is 1.81. The number of benzene rings is 1. The molecule has 1 unspecified atom stereocenters. The Hall–Kier alpha value is -2.02. The number of esters is 1. The summed E-state index contributed by atoms with van der Waals surface area (Å²) in [5, 5.41) is 3.79. The lowest BCUT2D eigenvalue weighted by Crippen LogP contribution is -2.26. The molecule has 1 aromatic carbocycles. The maximum Gasteiger partial charge on any atom is 0.326 e. The van der Waals surface area contributed by atoms with Crippen LogP contribution in [0, 0.1) is 5.92 Å². The van der Waals surface area contributed by atoms with E-state index < -0.39 is 0 Å². The number of rotatable bonds is 10. The van der Waals surface area contributed by atoms with Crippen LogP contribution >= 0.6 is 11.8 Å². The van der Waals surface area contributed by atoms with Crippen molar-refractivity contribution in [2.75, 3.05) is 12.3 Å². The number of hydrogen-bond acceptors (Lipinski definition) is 5. The summed E-state index contributed by atoms with van der Waals surface area (Å²) in [4.78, 5) is 28.6. The zero-order valence-corrected chi connectivity index (χ0v) is 16.8. The fourth-order valence-corrected chi connectivity index (χ4v) is 3.68. The van der Waals surface area contributed by atoms with Gasteiger partial charge in [-0.25, -0.2) is 4.98 Å². The highest BCUT2D eigenvalue weighted by atomic mass is 32.2. The van der Waals surface area contributed by atoms with Crippen LogP contribution in [-0.2, 0) is 20.9 Å². The minimum atomic E-state index is -0.244. The normalized spacial score (nSPS) is 14.9. The highest BCUT2D eigenvalue weighted by molar-refractivity contribution is 7.99. The molecule has 0 radical (unpaired) electrons. The molecule has 1 saturated carbocycles. The molecule has 0 saturated heterocycles. The first kappa shape index (κ1) is 19.7. The van der Waals surface area contributed by atoms with Gasteiger partial charge in [-0.2, -0.15) is 0 Å².